The summed E-state index contributed by atoms with van der Waals surface area (Å²) in [6.07, 6.45) is 8.60. The SMILES string of the molecule is CSC1CCC(NCc2cc(Br)cc3c2OCC3)CC1. The third kappa shape index (κ3) is 3.34. The fourth-order valence-corrected chi connectivity index (χ4v) is 4.53. The van der Waals surface area contributed by atoms with Crippen molar-refractivity contribution in [2.45, 2.75) is 49.9 Å². The Morgan fingerprint density at radius 2 is 2.10 bits per heavy atom. The Hall–Kier alpha value is -0.190. The van der Waals surface area contributed by atoms with E-state index in [-0.39, 0.29) is 0 Å². The fraction of sp³-hybridized carbons (Fsp3) is 0.625. The van der Waals surface area contributed by atoms with Crippen LogP contribution in [0.5, 0.6) is 5.75 Å². The van der Waals surface area contributed by atoms with Crippen molar-refractivity contribution in [3.05, 3.63) is 27.7 Å². The van der Waals surface area contributed by atoms with Gasteiger partial charge in [-0.1, -0.05) is 15.9 Å². The third-order valence-electron chi connectivity index (χ3n) is 4.41. The van der Waals surface area contributed by atoms with Crippen LogP contribution in [0.1, 0.15) is 36.8 Å². The van der Waals surface area contributed by atoms with Crippen molar-refractivity contribution in [2.24, 2.45) is 0 Å². The number of hydrogen-bond donors (Lipinski definition) is 1. The number of ether oxygens (including phenoxy) is 1. The molecular formula is C16H22BrNOS. The fourth-order valence-electron chi connectivity index (χ4n) is 3.23. The molecule has 0 aromatic heterocycles. The molecule has 1 saturated carbocycles. The molecule has 2 aliphatic rings. The van der Waals surface area contributed by atoms with Crippen molar-refractivity contribution < 1.29 is 4.74 Å². The molecule has 0 spiro atoms. The summed E-state index contributed by atoms with van der Waals surface area (Å²) in [6.45, 7) is 1.76. The maximum Gasteiger partial charge on any atom is 0.127 e. The zero-order valence-corrected chi connectivity index (χ0v) is 14.4. The van der Waals surface area contributed by atoms with Crippen LogP contribution in [-0.4, -0.2) is 24.2 Å². The van der Waals surface area contributed by atoms with Crippen LogP contribution in [0.25, 0.3) is 0 Å². The van der Waals surface area contributed by atoms with Crippen molar-refractivity contribution in [1.82, 2.24) is 5.32 Å². The van der Waals surface area contributed by atoms with Crippen LogP contribution in [-0.2, 0) is 13.0 Å². The molecule has 20 heavy (non-hydrogen) atoms. The van der Waals surface area contributed by atoms with E-state index in [9.17, 15) is 0 Å². The summed E-state index contributed by atoms with van der Waals surface area (Å²) < 4.78 is 6.97. The van der Waals surface area contributed by atoms with Gasteiger partial charge in [0.1, 0.15) is 5.75 Å². The first kappa shape index (κ1) is 14.7. The predicted octanol–water partition coefficient (Wildman–Crippen LogP) is 4.15. The molecule has 110 valence electrons. The minimum atomic E-state index is 0.675. The summed E-state index contributed by atoms with van der Waals surface area (Å²) in [6, 6.07) is 5.06. The maximum absolute atomic E-state index is 5.79. The first-order valence-electron chi connectivity index (χ1n) is 7.46. The number of fused-ring (bicyclic) bond motifs is 1. The van der Waals surface area contributed by atoms with Gasteiger partial charge in [-0.25, -0.2) is 0 Å². The van der Waals surface area contributed by atoms with Gasteiger partial charge in [0.05, 0.1) is 6.61 Å². The molecule has 2 nitrogen and oxygen atoms in total. The zero-order valence-electron chi connectivity index (χ0n) is 12.0. The highest BCUT2D eigenvalue weighted by atomic mass is 79.9. The monoisotopic (exact) mass is 355 g/mol. The predicted molar refractivity (Wildman–Crippen MR) is 89.7 cm³/mol. The maximum atomic E-state index is 5.79. The van der Waals surface area contributed by atoms with Crippen LogP contribution in [0.15, 0.2) is 16.6 Å². The zero-order chi connectivity index (χ0) is 13.9. The van der Waals surface area contributed by atoms with Crippen LogP contribution >= 0.6 is 27.7 Å². The van der Waals surface area contributed by atoms with Gasteiger partial charge in [-0.3, -0.25) is 0 Å². The van der Waals surface area contributed by atoms with Crippen molar-refractivity contribution in [2.75, 3.05) is 12.9 Å². The molecule has 1 fully saturated rings. The lowest BCUT2D eigenvalue weighted by Crippen LogP contribution is -2.33. The summed E-state index contributed by atoms with van der Waals surface area (Å²) in [5, 5.41) is 4.61. The molecule has 1 aliphatic heterocycles. The number of hydrogen-bond acceptors (Lipinski definition) is 3. The topological polar surface area (TPSA) is 21.3 Å². The Bertz CT molecular complexity index is 472. The highest BCUT2D eigenvalue weighted by molar-refractivity contribution is 9.10. The second-order valence-electron chi connectivity index (χ2n) is 5.74. The lowest BCUT2D eigenvalue weighted by atomic mass is 9.94. The minimum absolute atomic E-state index is 0.675. The third-order valence-corrected chi connectivity index (χ3v) is 6.01. The molecule has 1 aromatic rings. The summed E-state index contributed by atoms with van der Waals surface area (Å²) >= 11 is 5.64. The Kier molecular flexibility index (Phi) is 4.95. The van der Waals surface area contributed by atoms with Gasteiger partial charge in [0.2, 0.25) is 0 Å². The average Bonchev–Trinajstić information content (AvgIpc) is 2.93. The standard InChI is InChI=1S/C16H22BrNOS/c1-20-15-4-2-14(3-5-15)18-10-12-9-13(17)8-11-6-7-19-16(11)12/h8-9,14-15,18H,2-7,10H2,1H3. The molecule has 1 aliphatic carbocycles. The van der Waals surface area contributed by atoms with Gasteiger partial charge in [0.25, 0.3) is 0 Å². The summed E-state index contributed by atoms with van der Waals surface area (Å²) in [4.78, 5) is 0. The molecule has 1 N–H and O–H groups in total. The Labute approximate surface area is 134 Å². The summed E-state index contributed by atoms with van der Waals surface area (Å²) in [5.74, 6) is 1.12. The molecule has 0 radical (unpaired) electrons. The molecule has 0 bridgehead atoms. The summed E-state index contributed by atoms with van der Waals surface area (Å²) in [5.41, 5.74) is 2.65. The second-order valence-corrected chi connectivity index (χ2v) is 7.80. The first-order valence-corrected chi connectivity index (χ1v) is 9.54. The van der Waals surface area contributed by atoms with Crippen LogP contribution in [0.2, 0.25) is 0 Å². The number of thioether (sulfide) groups is 1. The van der Waals surface area contributed by atoms with Gasteiger partial charge in [0.15, 0.2) is 0 Å². The van der Waals surface area contributed by atoms with Gasteiger partial charge in [-0.15, -0.1) is 0 Å². The molecule has 0 amide bonds. The van der Waals surface area contributed by atoms with Gasteiger partial charge in [-0.2, -0.15) is 11.8 Å². The smallest absolute Gasteiger partial charge is 0.127 e. The minimum Gasteiger partial charge on any atom is -0.493 e. The molecule has 0 saturated heterocycles. The van der Waals surface area contributed by atoms with Gasteiger partial charge in [-0.05, 0) is 49.6 Å². The second kappa shape index (κ2) is 6.71. The van der Waals surface area contributed by atoms with Crippen molar-refractivity contribution >= 4 is 27.7 Å². The van der Waals surface area contributed by atoms with Crippen LogP contribution in [0.3, 0.4) is 0 Å². The van der Waals surface area contributed by atoms with Gasteiger partial charge >= 0.3 is 0 Å². The van der Waals surface area contributed by atoms with Crippen molar-refractivity contribution in [3.8, 4) is 5.75 Å². The van der Waals surface area contributed by atoms with Crippen molar-refractivity contribution in [1.29, 1.82) is 0 Å². The largest absolute Gasteiger partial charge is 0.493 e. The van der Waals surface area contributed by atoms with E-state index in [0.717, 1.165) is 30.6 Å². The summed E-state index contributed by atoms with van der Waals surface area (Å²) in [7, 11) is 0. The van der Waals surface area contributed by atoms with E-state index in [1.54, 1.807) is 0 Å². The Balaban J connectivity index is 1.59. The molecule has 0 atom stereocenters. The number of rotatable bonds is 4. The number of nitrogens with one attached hydrogen (secondary N) is 1. The normalized spacial score (nSPS) is 25.3. The van der Waals surface area contributed by atoms with E-state index in [2.05, 4.69) is 39.6 Å². The Morgan fingerprint density at radius 3 is 2.85 bits per heavy atom. The van der Waals surface area contributed by atoms with E-state index in [1.165, 1.54) is 41.3 Å². The van der Waals surface area contributed by atoms with E-state index < -0.39 is 0 Å². The molecule has 0 unspecified atom stereocenters. The van der Waals surface area contributed by atoms with E-state index >= 15 is 0 Å². The van der Waals surface area contributed by atoms with E-state index in [0.29, 0.717) is 6.04 Å². The van der Waals surface area contributed by atoms with Gasteiger partial charge in [0, 0.05) is 34.3 Å². The number of benzene rings is 1. The lowest BCUT2D eigenvalue weighted by Gasteiger charge is -2.28. The van der Waals surface area contributed by atoms with Crippen molar-refractivity contribution in [3.63, 3.8) is 0 Å². The molecule has 1 aromatic carbocycles. The Morgan fingerprint density at radius 1 is 1.30 bits per heavy atom. The molecule has 3 rings (SSSR count). The van der Waals surface area contributed by atoms with Gasteiger partial charge < -0.3 is 10.1 Å². The lowest BCUT2D eigenvalue weighted by molar-refractivity contribution is 0.346. The molecular weight excluding hydrogens is 334 g/mol. The highest BCUT2D eigenvalue weighted by Crippen LogP contribution is 2.33. The molecule has 4 heteroatoms. The molecule has 1 heterocycles. The van der Waals surface area contributed by atoms with Crippen LogP contribution in [0.4, 0.5) is 0 Å². The van der Waals surface area contributed by atoms with E-state index in [1.807, 2.05) is 11.8 Å². The first-order chi connectivity index (χ1) is 9.76. The van der Waals surface area contributed by atoms with Crippen LogP contribution in [0, 0.1) is 0 Å². The number of halogens is 1. The highest BCUT2D eigenvalue weighted by Gasteiger charge is 2.22. The van der Waals surface area contributed by atoms with E-state index in [4.69, 9.17) is 4.74 Å². The van der Waals surface area contributed by atoms with Crippen LogP contribution < -0.4 is 10.1 Å². The quantitative estimate of drug-likeness (QED) is 0.876. The average molecular weight is 356 g/mol.